The summed E-state index contributed by atoms with van der Waals surface area (Å²) in [4.78, 5) is 0.714. The molecule has 0 saturated heterocycles. The molecule has 0 N–H and O–H groups in total. The number of rotatable bonds is 4. The summed E-state index contributed by atoms with van der Waals surface area (Å²) in [6.45, 7) is 0. The van der Waals surface area contributed by atoms with Crippen LogP contribution >= 0.6 is 22.4 Å². The van der Waals surface area contributed by atoms with Gasteiger partial charge in [0.1, 0.15) is 0 Å². The van der Waals surface area contributed by atoms with Crippen LogP contribution in [0.15, 0.2) is 28.0 Å². The molecule has 0 unspecified atom stereocenters. The van der Waals surface area contributed by atoms with Gasteiger partial charge >= 0.3 is 0 Å². The summed E-state index contributed by atoms with van der Waals surface area (Å²) in [5.74, 6) is -0.313. The van der Waals surface area contributed by atoms with Gasteiger partial charge in [-0.25, -0.2) is 16.8 Å². The van der Waals surface area contributed by atoms with E-state index in [-0.39, 0.29) is 10.6 Å². The average Bonchev–Trinajstić information content (AvgIpc) is 2.13. The SMILES string of the molecule is CSc1cc(CS(=O)(=O)Cl)ccc1S(C)(=O)=O. The summed E-state index contributed by atoms with van der Waals surface area (Å²) in [5.41, 5.74) is 0.469. The molecule has 4 nitrogen and oxygen atoms in total. The lowest BCUT2D eigenvalue weighted by atomic mass is 10.2. The first-order chi connectivity index (χ1) is 7.63. The number of benzene rings is 1. The van der Waals surface area contributed by atoms with Crippen molar-refractivity contribution in [3.63, 3.8) is 0 Å². The predicted molar refractivity (Wildman–Crippen MR) is 69.8 cm³/mol. The van der Waals surface area contributed by atoms with Crippen molar-refractivity contribution >= 4 is 41.3 Å². The van der Waals surface area contributed by atoms with E-state index in [0.29, 0.717) is 10.5 Å². The third-order valence-corrected chi connectivity index (χ3v) is 5.03. The zero-order valence-corrected chi connectivity index (χ0v) is 12.4. The molecule has 1 rings (SSSR count). The molecule has 8 heteroatoms. The second-order valence-corrected chi connectivity index (χ2v) is 9.05. The summed E-state index contributed by atoms with van der Waals surface area (Å²) in [6, 6.07) is 4.38. The van der Waals surface area contributed by atoms with E-state index in [1.807, 2.05) is 0 Å². The van der Waals surface area contributed by atoms with Crippen molar-refractivity contribution in [2.45, 2.75) is 15.5 Å². The van der Waals surface area contributed by atoms with Gasteiger partial charge in [0.05, 0.1) is 10.6 Å². The number of hydrogen-bond donors (Lipinski definition) is 0. The van der Waals surface area contributed by atoms with Gasteiger partial charge in [-0.1, -0.05) is 6.07 Å². The summed E-state index contributed by atoms with van der Waals surface area (Å²) in [7, 11) is -1.81. The zero-order valence-electron chi connectivity index (χ0n) is 9.17. The third-order valence-electron chi connectivity index (χ3n) is 1.97. The van der Waals surface area contributed by atoms with Crippen molar-refractivity contribution in [3.8, 4) is 0 Å². The molecule has 0 spiro atoms. The lowest BCUT2D eigenvalue weighted by molar-refractivity contribution is 0.600. The van der Waals surface area contributed by atoms with E-state index in [2.05, 4.69) is 0 Å². The van der Waals surface area contributed by atoms with E-state index in [1.165, 1.54) is 30.0 Å². The van der Waals surface area contributed by atoms with Crippen LogP contribution in [0.4, 0.5) is 0 Å². The molecular weight excluding hydrogens is 304 g/mol. The van der Waals surface area contributed by atoms with Crippen LogP contribution in [0.2, 0.25) is 0 Å². The highest BCUT2D eigenvalue weighted by Crippen LogP contribution is 2.27. The van der Waals surface area contributed by atoms with Crippen molar-refractivity contribution in [1.29, 1.82) is 0 Å². The lowest BCUT2D eigenvalue weighted by Crippen LogP contribution is -2.01. The van der Waals surface area contributed by atoms with Crippen molar-refractivity contribution < 1.29 is 16.8 Å². The number of hydrogen-bond acceptors (Lipinski definition) is 5. The van der Waals surface area contributed by atoms with E-state index in [4.69, 9.17) is 10.7 Å². The summed E-state index contributed by atoms with van der Waals surface area (Å²) in [5, 5.41) is 0. The topological polar surface area (TPSA) is 68.3 Å². The second kappa shape index (κ2) is 5.17. The smallest absolute Gasteiger partial charge is 0.224 e. The quantitative estimate of drug-likeness (QED) is 0.627. The van der Waals surface area contributed by atoms with E-state index >= 15 is 0 Å². The van der Waals surface area contributed by atoms with Crippen molar-refractivity contribution in [2.24, 2.45) is 0 Å². The molecular formula is C9H11ClO4S3. The van der Waals surface area contributed by atoms with Crippen molar-refractivity contribution in [3.05, 3.63) is 23.8 Å². The highest BCUT2D eigenvalue weighted by Gasteiger charge is 2.15. The van der Waals surface area contributed by atoms with Crippen LogP contribution < -0.4 is 0 Å². The standard InChI is InChI=1S/C9H11ClO4S3/c1-15-8-5-7(6-17(10,13)14)3-4-9(8)16(2,11)12/h3-5H,6H2,1-2H3. The molecule has 17 heavy (non-hydrogen) atoms. The Balaban J connectivity index is 3.28. The molecule has 0 aliphatic rings. The van der Waals surface area contributed by atoms with Gasteiger partial charge < -0.3 is 0 Å². The van der Waals surface area contributed by atoms with E-state index < -0.39 is 18.9 Å². The molecule has 1 aromatic rings. The fourth-order valence-corrected chi connectivity index (χ4v) is 4.25. The van der Waals surface area contributed by atoms with Crippen LogP contribution in [0.3, 0.4) is 0 Å². The molecule has 1 aromatic carbocycles. The highest BCUT2D eigenvalue weighted by atomic mass is 35.7. The van der Waals surface area contributed by atoms with Gasteiger partial charge in [-0.3, -0.25) is 0 Å². The summed E-state index contributed by atoms with van der Waals surface area (Å²) < 4.78 is 44.7. The predicted octanol–water partition coefficient (Wildman–Crippen LogP) is 1.88. The maximum absolute atomic E-state index is 11.5. The Kier molecular flexibility index (Phi) is 4.51. The molecule has 0 bridgehead atoms. The Morgan fingerprint density at radius 1 is 1.24 bits per heavy atom. The van der Waals surface area contributed by atoms with Crippen LogP contribution in [-0.4, -0.2) is 29.3 Å². The Bertz CT molecular complexity index is 620. The first-order valence-corrected chi connectivity index (χ1v) is 10.0. The third kappa shape index (κ3) is 4.50. The van der Waals surface area contributed by atoms with Crippen LogP contribution in [0.5, 0.6) is 0 Å². The van der Waals surface area contributed by atoms with Crippen LogP contribution in [-0.2, 0) is 24.6 Å². The molecule has 0 amide bonds. The molecule has 0 aliphatic heterocycles. The monoisotopic (exact) mass is 314 g/mol. The normalized spacial score (nSPS) is 12.6. The Hall–Kier alpha value is -0.240. The maximum atomic E-state index is 11.5. The van der Waals surface area contributed by atoms with Crippen LogP contribution in [0.25, 0.3) is 0 Å². The first-order valence-electron chi connectivity index (χ1n) is 4.43. The molecule has 0 fully saturated rings. The fraction of sp³-hybridized carbons (Fsp3) is 0.333. The molecule has 0 aromatic heterocycles. The van der Waals surface area contributed by atoms with E-state index in [0.717, 1.165) is 6.26 Å². The highest BCUT2D eigenvalue weighted by molar-refractivity contribution is 8.13. The molecule has 0 aliphatic carbocycles. The van der Waals surface area contributed by atoms with Gasteiger partial charge in [0.2, 0.25) is 9.05 Å². The minimum Gasteiger partial charge on any atom is -0.224 e. The van der Waals surface area contributed by atoms with Gasteiger partial charge in [0, 0.05) is 21.8 Å². The minimum atomic E-state index is -3.64. The average molecular weight is 315 g/mol. The summed E-state index contributed by atoms with van der Waals surface area (Å²) in [6.07, 6.45) is 2.84. The van der Waals surface area contributed by atoms with Crippen LogP contribution in [0, 0.1) is 0 Å². The molecule has 0 atom stereocenters. The number of sulfone groups is 1. The van der Waals surface area contributed by atoms with Gasteiger partial charge in [-0.2, -0.15) is 0 Å². The van der Waals surface area contributed by atoms with Crippen LogP contribution in [0.1, 0.15) is 5.56 Å². The number of halogens is 1. The van der Waals surface area contributed by atoms with Gasteiger partial charge in [0.25, 0.3) is 0 Å². The van der Waals surface area contributed by atoms with Crippen molar-refractivity contribution in [2.75, 3.05) is 12.5 Å². The molecule has 96 valence electrons. The Morgan fingerprint density at radius 3 is 2.24 bits per heavy atom. The Labute approximate surface area is 110 Å². The molecule has 0 radical (unpaired) electrons. The summed E-state index contributed by atoms with van der Waals surface area (Å²) >= 11 is 1.25. The molecule has 0 heterocycles. The molecule has 0 saturated carbocycles. The second-order valence-electron chi connectivity index (χ2n) is 3.44. The maximum Gasteiger partial charge on any atom is 0.236 e. The van der Waals surface area contributed by atoms with Gasteiger partial charge in [-0.15, -0.1) is 11.8 Å². The van der Waals surface area contributed by atoms with Gasteiger partial charge in [0.15, 0.2) is 9.84 Å². The van der Waals surface area contributed by atoms with Gasteiger partial charge in [-0.05, 0) is 24.0 Å². The van der Waals surface area contributed by atoms with E-state index in [9.17, 15) is 16.8 Å². The number of thioether (sulfide) groups is 1. The largest absolute Gasteiger partial charge is 0.236 e. The fourth-order valence-electron chi connectivity index (χ4n) is 1.31. The zero-order chi connectivity index (χ0) is 13.3. The van der Waals surface area contributed by atoms with E-state index in [1.54, 1.807) is 6.26 Å². The Morgan fingerprint density at radius 2 is 1.82 bits per heavy atom. The first kappa shape index (κ1) is 14.8. The van der Waals surface area contributed by atoms with Crippen molar-refractivity contribution in [1.82, 2.24) is 0 Å². The lowest BCUT2D eigenvalue weighted by Gasteiger charge is -2.07. The minimum absolute atomic E-state index is 0.195.